The van der Waals surface area contributed by atoms with Gasteiger partial charge < -0.3 is 10.3 Å². The second-order valence-electron chi connectivity index (χ2n) is 4.16. The molecule has 2 rings (SSSR count). The molecule has 18 heavy (non-hydrogen) atoms. The Kier molecular flexibility index (Phi) is 4.81. The van der Waals surface area contributed by atoms with Crippen LogP contribution >= 0.6 is 12.4 Å². The Labute approximate surface area is 111 Å². The Morgan fingerprint density at radius 3 is 2.78 bits per heavy atom. The number of hydrogen-bond donors (Lipinski definition) is 1. The summed E-state index contributed by atoms with van der Waals surface area (Å²) in [6, 6.07) is 4.80. The first-order valence-corrected chi connectivity index (χ1v) is 5.41. The molecule has 2 aromatic rings. The lowest BCUT2D eigenvalue weighted by molar-refractivity contribution is 0.372. The molecular formula is C12H15ClFN3O. The Morgan fingerprint density at radius 1 is 1.44 bits per heavy atom. The fourth-order valence-corrected chi connectivity index (χ4v) is 1.46. The van der Waals surface area contributed by atoms with E-state index in [1.165, 1.54) is 6.07 Å². The van der Waals surface area contributed by atoms with Crippen molar-refractivity contribution in [1.82, 2.24) is 10.1 Å². The van der Waals surface area contributed by atoms with E-state index in [2.05, 4.69) is 10.1 Å². The summed E-state index contributed by atoms with van der Waals surface area (Å²) in [4.78, 5) is 4.17. The minimum atomic E-state index is -0.277. The van der Waals surface area contributed by atoms with Crippen LogP contribution in [0, 0.1) is 12.7 Å². The zero-order chi connectivity index (χ0) is 12.4. The van der Waals surface area contributed by atoms with Gasteiger partial charge in [-0.05, 0) is 25.5 Å². The summed E-state index contributed by atoms with van der Waals surface area (Å²) < 4.78 is 18.4. The van der Waals surface area contributed by atoms with Crippen LogP contribution in [0.4, 0.5) is 4.39 Å². The van der Waals surface area contributed by atoms with Crippen LogP contribution in [0.3, 0.4) is 0 Å². The fraction of sp³-hybridized carbons (Fsp3) is 0.333. The molecule has 0 amide bonds. The van der Waals surface area contributed by atoms with E-state index in [1.54, 1.807) is 19.1 Å². The number of halogens is 2. The van der Waals surface area contributed by atoms with Gasteiger partial charge in [0, 0.05) is 18.0 Å². The maximum absolute atomic E-state index is 13.4. The minimum Gasteiger partial charge on any atom is -0.339 e. The molecule has 0 aliphatic carbocycles. The molecule has 1 aromatic carbocycles. The molecule has 0 aliphatic rings. The van der Waals surface area contributed by atoms with Gasteiger partial charge >= 0.3 is 0 Å². The van der Waals surface area contributed by atoms with Crippen LogP contribution in [0.15, 0.2) is 22.7 Å². The average Bonchev–Trinajstić information content (AvgIpc) is 2.69. The van der Waals surface area contributed by atoms with Gasteiger partial charge in [-0.1, -0.05) is 17.3 Å². The van der Waals surface area contributed by atoms with E-state index in [0.717, 1.165) is 0 Å². The highest BCUT2D eigenvalue weighted by Crippen LogP contribution is 2.19. The third kappa shape index (κ3) is 3.27. The Hall–Kier alpha value is -1.46. The first kappa shape index (κ1) is 14.6. The quantitative estimate of drug-likeness (QED) is 0.931. The zero-order valence-corrected chi connectivity index (χ0v) is 11.0. The minimum absolute atomic E-state index is 0. The Morgan fingerprint density at radius 2 is 2.17 bits per heavy atom. The molecule has 0 saturated heterocycles. The van der Waals surface area contributed by atoms with E-state index in [-0.39, 0.29) is 24.3 Å². The molecular weight excluding hydrogens is 257 g/mol. The Bertz CT molecular complexity index is 528. The van der Waals surface area contributed by atoms with Gasteiger partial charge in [-0.2, -0.15) is 4.98 Å². The predicted molar refractivity (Wildman–Crippen MR) is 69.0 cm³/mol. The summed E-state index contributed by atoms with van der Waals surface area (Å²) in [5.41, 5.74) is 6.82. The van der Waals surface area contributed by atoms with Crippen molar-refractivity contribution in [2.24, 2.45) is 5.73 Å². The van der Waals surface area contributed by atoms with Crippen molar-refractivity contribution in [3.8, 4) is 11.4 Å². The number of nitrogens with zero attached hydrogens (tertiary/aromatic N) is 2. The second-order valence-corrected chi connectivity index (χ2v) is 4.16. The Balaban J connectivity index is 0.00000162. The number of hydrogen-bond acceptors (Lipinski definition) is 4. The second kappa shape index (κ2) is 5.93. The molecule has 4 nitrogen and oxygen atoms in total. The van der Waals surface area contributed by atoms with Crippen molar-refractivity contribution in [2.75, 3.05) is 0 Å². The first-order valence-electron chi connectivity index (χ1n) is 5.41. The smallest absolute Gasteiger partial charge is 0.228 e. The molecule has 0 saturated carbocycles. The van der Waals surface area contributed by atoms with Crippen LogP contribution < -0.4 is 5.73 Å². The largest absolute Gasteiger partial charge is 0.339 e. The van der Waals surface area contributed by atoms with Crippen LogP contribution in [0.2, 0.25) is 0 Å². The molecule has 0 spiro atoms. The highest BCUT2D eigenvalue weighted by atomic mass is 35.5. The summed E-state index contributed by atoms with van der Waals surface area (Å²) >= 11 is 0. The summed E-state index contributed by atoms with van der Waals surface area (Å²) in [5.74, 6) is 0.580. The zero-order valence-electron chi connectivity index (χ0n) is 10.2. The average molecular weight is 272 g/mol. The lowest BCUT2D eigenvalue weighted by atomic mass is 10.1. The molecule has 98 valence electrons. The lowest BCUT2D eigenvalue weighted by Gasteiger charge is -1.98. The maximum atomic E-state index is 13.4. The third-order valence-corrected chi connectivity index (χ3v) is 2.39. The predicted octanol–water partition coefficient (Wildman–Crippen LogP) is 2.50. The third-order valence-electron chi connectivity index (χ3n) is 2.39. The van der Waals surface area contributed by atoms with Gasteiger partial charge in [0.1, 0.15) is 5.82 Å². The molecule has 0 bridgehead atoms. The maximum Gasteiger partial charge on any atom is 0.228 e. The fourth-order valence-electron chi connectivity index (χ4n) is 1.46. The molecule has 1 unspecified atom stereocenters. The van der Waals surface area contributed by atoms with Gasteiger partial charge in [0.2, 0.25) is 11.7 Å². The highest BCUT2D eigenvalue weighted by molar-refractivity contribution is 5.85. The van der Waals surface area contributed by atoms with Crippen LogP contribution in [0.5, 0.6) is 0 Å². The van der Waals surface area contributed by atoms with E-state index >= 15 is 0 Å². The summed E-state index contributed by atoms with van der Waals surface area (Å²) in [6.45, 7) is 3.56. The van der Waals surface area contributed by atoms with Gasteiger partial charge in [-0.25, -0.2) is 4.39 Å². The highest BCUT2D eigenvalue weighted by Gasteiger charge is 2.11. The van der Waals surface area contributed by atoms with Gasteiger partial charge in [0.05, 0.1) is 0 Å². The van der Waals surface area contributed by atoms with E-state index in [0.29, 0.717) is 29.3 Å². The summed E-state index contributed by atoms with van der Waals surface area (Å²) in [5, 5.41) is 3.80. The topological polar surface area (TPSA) is 64.9 Å². The summed E-state index contributed by atoms with van der Waals surface area (Å²) in [6.07, 6.45) is 0.515. The van der Waals surface area contributed by atoms with Gasteiger partial charge in [0.15, 0.2) is 0 Å². The van der Waals surface area contributed by atoms with Gasteiger partial charge in [-0.3, -0.25) is 0 Å². The first-order chi connectivity index (χ1) is 8.06. The number of aromatic nitrogens is 2. The SMILES string of the molecule is Cc1ccc(-c2noc(CC(C)N)n2)cc1F.Cl. The normalized spacial score (nSPS) is 12.0. The van der Waals surface area contributed by atoms with Crippen LogP contribution in [0.1, 0.15) is 18.4 Å². The van der Waals surface area contributed by atoms with Crippen molar-refractivity contribution in [3.63, 3.8) is 0 Å². The van der Waals surface area contributed by atoms with Gasteiger partial charge in [0.25, 0.3) is 0 Å². The van der Waals surface area contributed by atoms with Gasteiger partial charge in [-0.15, -0.1) is 12.4 Å². The molecule has 2 N–H and O–H groups in total. The lowest BCUT2D eigenvalue weighted by Crippen LogP contribution is -2.17. The number of aryl methyl sites for hydroxylation is 1. The van der Waals surface area contributed by atoms with E-state index in [4.69, 9.17) is 10.3 Å². The summed E-state index contributed by atoms with van der Waals surface area (Å²) in [7, 11) is 0. The van der Waals surface area contributed by atoms with E-state index < -0.39 is 0 Å². The molecule has 1 aromatic heterocycles. The number of nitrogens with two attached hydrogens (primary N) is 1. The van der Waals surface area contributed by atoms with E-state index in [9.17, 15) is 4.39 Å². The molecule has 0 radical (unpaired) electrons. The monoisotopic (exact) mass is 271 g/mol. The van der Waals surface area contributed by atoms with Crippen molar-refractivity contribution >= 4 is 12.4 Å². The number of rotatable bonds is 3. The van der Waals surface area contributed by atoms with Crippen molar-refractivity contribution in [3.05, 3.63) is 35.5 Å². The van der Waals surface area contributed by atoms with Crippen LogP contribution in [-0.4, -0.2) is 16.2 Å². The van der Waals surface area contributed by atoms with Crippen LogP contribution in [0.25, 0.3) is 11.4 Å². The van der Waals surface area contributed by atoms with Crippen LogP contribution in [-0.2, 0) is 6.42 Å². The van der Waals surface area contributed by atoms with E-state index in [1.807, 2.05) is 6.92 Å². The molecule has 6 heteroatoms. The molecule has 1 heterocycles. The van der Waals surface area contributed by atoms with Crippen molar-refractivity contribution in [1.29, 1.82) is 0 Å². The molecule has 1 atom stereocenters. The molecule has 0 fully saturated rings. The van der Waals surface area contributed by atoms with Crippen molar-refractivity contribution in [2.45, 2.75) is 26.3 Å². The van der Waals surface area contributed by atoms with Crippen molar-refractivity contribution < 1.29 is 8.91 Å². The molecule has 0 aliphatic heterocycles. The standard InChI is InChI=1S/C12H14FN3O.ClH/c1-7-3-4-9(6-10(7)13)12-15-11(17-16-12)5-8(2)14;/h3-4,6,8H,5,14H2,1-2H3;1H. The number of benzene rings is 1.